The molecule has 0 amide bonds. The molecule has 0 atom stereocenters. The van der Waals surface area contributed by atoms with Crippen molar-refractivity contribution < 1.29 is 35.1 Å². The number of carboxylic acid groups (broad SMARTS) is 2. The molecule has 5 N–H and O–H groups in total. The van der Waals surface area contributed by atoms with Crippen molar-refractivity contribution in [2.75, 3.05) is 19.8 Å². The SMILES string of the molecule is O=C(O)c1ccc(C(=O)O)c(CCO)c1.OCCCCCCO. The minimum Gasteiger partial charge on any atom is -0.478 e. The summed E-state index contributed by atoms with van der Waals surface area (Å²) >= 11 is 0. The zero-order valence-electron chi connectivity index (χ0n) is 12.9. The molecule has 0 fully saturated rings. The average molecular weight is 328 g/mol. The van der Waals surface area contributed by atoms with Crippen LogP contribution in [-0.4, -0.2) is 57.3 Å². The smallest absolute Gasteiger partial charge is 0.335 e. The number of benzene rings is 1. The van der Waals surface area contributed by atoms with Crippen molar-refractivity contribution in [2.24, 2.45) is 0 Å². The molecule has 0 heterocycles. The second-order valence-corrected chi connectivity index (χ2v) is 4.82. The van der Waals surface area contributed by atoms with Gasteiger partial charge in [0.25, 0.3) is 0 Å². The molecule has 0 radical (unpaired) electrons. The van der Waals surface area contributed by atoms with Crippen LogP contribution in [0.5, 0.6) is 0 Å². The van der Waals surface area contributed by atoms with Gasteiger partial charge in [-0.15, -0.1) is 0 Å². The molecule has 0 aliphatic heterocycles. The van der Waals surface area contributed by atoms with Gasteiger partial charge in [-0.25, -0.2) is 9.59 Å². The summed E-state index contributed by atoms with van der Waals surface area (Å²) in [7, 11) is 0. The van der Waals surface area contributed by atoms with E-state index >= 15 is 0 Å². The Morgan fingerprint density at radius 3 is 1.74 bits per heavy atom. The maximum atomic E-state index is 10.7. The molecule has 130 valence electrons. The Hall–Kier alpha value is -1.96. The summed E-state index contributed by atoms with van der Waals surface area (Å²) in [6, 6.07) is 3.73. The Kier molecular flexibility index (Phi) is 11.5. The number of carbonyl (C=O) groups is 2. The average Bonchev–Trinajstić information content (AvgIpc) is 2.52. The van der Waals surface area contributed by atoms with Crippen molar-refractivity contribution in [3.63, 3.8) is 0 Å². The van der Waals surface area contributed by atoms with E-state index in [9.17, 15) is 9.59 Å². The second kappa shape index (κ2) is 12.6. The number of hydrogen-bond acceptors (Lipinski definition) is 5. The van der Waals surface area contributed by atoms with E-state index in [0.717, 1.165) is 25.7 Å². The van der Waals surface area contributed by atoms with E-state index in [1.165, 1.54) is 18.2 Å². The fourth-order valence-corrected chi connectivity index (χ4v) is 1.84. The molecular formula is C16H24O7. The molecule has 0 saturated carbocycles. The molecule has 0 aromatic heterocycles. The highest BCUT2D eigenvalue weighted by molar-refractivity contribution is 5.93. The van der Waals surface area contributed by atoms with Gasteiger partial charge in [-0.3, -0.25) is 0 Å². The van der Waals surface area contributed by atoms with E-state index in [1.807, 2.05) is 0 Å². The number of hydrogen-bond donors (Lipinski definition) is 5. The van der Waals surface area contributed by atoms with Crippen LogP contribution in [-0.2, 0) is 6.42 Å². The molecular weight excluding hydrogens is 304 g/mol. The zero-order valence-corrected chi connectivity index (χ0v) is 12.9. The predicted molar refractivity (Wildman–Crippen MR) is 83.8 cm³/mol. The summed E-state index contributed by atoms with van der Waals surface area (Å²) in [5, 5.41) is 42.8. The molecule has 1 rings (SSSR count). The third-order valence-electron chi connectivity index (χ3n) is 3.03. The number of aliphatic hydroxyl groups excluding tert-OH is 3. The lowest BCUT2D eigenvalue weighted by molar-refractivity contribution is 0.0680. The van der Waals surface area contributed by atoms with Crippen LogP contribution in [0.2, 0.25) is 0 Å². The third kappa shape index (κ3) is 8.92. The number of aromatic carboxylic acids is 2. The fraction of sp³-hybridized carbons (Fsp3) is 0.500. The molecule has 0 saturated heterocycles. The maximum absolute atomic E-state index is 10.7. The zero-order chi connectivity index (χ0) is 17.7. The summed E-state index contributed by atoms with van der Waals surface area (Å²) in [6.45, 7) is 0.347. The van der Waals surface area contributed by atoms with Gasteiger partial charge in [0.2, 0.25) is 0 Å². The quantitative estimate of drug-likeness (QED) is 0.429. The molecule has 1 aromatic carbocycles. The minimum atomic E-state index is -1.13. The Balaban J connectivity index is 0.000000515. The highest BCUT2D eigenvalue weighted by Gasteiger charge is 2.12. The maximum Gasteiger partial charge on any atom is 0.335 e. The van der Waals surface area contributed by atoms with Gasteiger partial charge in [-0.1, -0.05) is 12.8 Å². The molecule has 0 spiro atoms. The van der Waals surface area contributed by atoms with Crippen molar-refractivity contribution in [1.82, 2.24) is 0 Å². The van der Waals surface area contributed by atoms with Crippen molar-refractivity contribution in [2.45, 2.75) is 32.1 Å². The molecule has 23 heavy (non-hydrogen) atoms. The van der Waals surface area contributed by atoms with E-state index in [-0.39, 0.29) is 37.4 Å². The van der Waals surface area contributed by atoms with Gasteiger partial charge >= 0.3 is 11.9 Å². The molecule has 7 nitrogen and oxygen atoms in total. The predicted octanol–water partition coefficient (Wildman–Crippen LogP) is 1.15. The number of aliphatic hydroxyl groups is 3. The molecule has 0 aliphatic carbocycles. The van der Waals surface area contributed by atoms with E-state index in [4.69, 9.17) is 25.5 Å². The molecule has 7 heteroatoms. The lowest BCUT2D eigenvalue weighted by atomic mass is 10.0. The van der Waals surface area contributed by atoms with Crippen LogP contribution >= 0.6 is 0 Å². The van der Waals surface area contributed by atoms with Crippen molar-refractivity contribution in [3.05, 3.63) is 34.9 Å². The topological polar surface area (TPSA) is 135 Å². The van der Waals surface area contributed by atoms with Crippen LogP contribution in [0.1, 0.15) is 52.0 Å². The lowest BCUT2D eigenvalue weighted by Gasteiger charge is -2.05. The molecule has 0 unspecified atom stereocenters. The van der Waals surface area contributed by atoms with Crippen LogP contribution in [0.3, 0.4) is 0 Å². The van der Waals surface area contributed by atoms with Gasteiger partial charge in [0, 0.05) is 19.8 Å². The molecule has 0 bridgehead atoms. The Labute approximate surface area is 134 Å². The van der Waals surface area contributed by atoms with Gasteiger partial charge < -0.3 is 25.5 Å². The van der Waals surface area contributed by atoms with E-state index in [0.29, 0.717) is 5.56 Å². The summed E-state index contributed by atoms with van der Waals surface area (Å²) in [5.74, 6) is -2.25. The largest absolute Gasteiger partial charge is 0.478 e. The van der Waals surface area contributed by atoms with Crippen LogP contribution in [0.25, 0.3) is 0 Å². The number of rotatable bonds is 9. The second-order valence-electron chi connectivity index (χ2n) is 4.82. The fourth-order valence-electron chi connectivity index (χ4n) is 1.84. The number of unbranched alkanes of at least 4 members (excludes halogenated alkanes) is 3. The molecule has 0 aliphatic rings. The minimum absolute atomic E-state index is 0.0171. The Morgan fingerprint density at radius 2 is 1.35 bits per heavy atom. The van der Waals surface area contributed by atoms with Crippen LogP contribution in [0.4, 0.5) is 0 Å². The first kappa shape index (κ1) is 21.0. The van der Waals surface area contributed by atoms with E-state index in [2.05, 4.69) is 0 Å². The van der Waals surface area contributed by atoms with Gasteiger partial charge in [0.05, 0.1) is 11.1 Å². The Morgan fingerprint density at radius 1 is 0.783 bits per heavy atom. The van der Waals surface area contributed by atoms with Gasteiger partial charge in [-0.2, -0.15) is 0 Å². The summed E-state index contributed by atoms with van der Waals surface area (Å²) in [4.78, 5) is 21.4. The number of carboxylic acids is 2. The third-order valence-corrected chi connectivity index (χ3v) is 3.03. The highest BCUT2D eigenvalue weighted by atomic mass is 16.4. The van der Waals surface area contributed by atoms with Crippen LogP contribution in [0.15, 0.2) is 18.2 Å². The van der Waals surface area contributed by atoms with E-state index < -0.39 is 11.9 Å². The van der Waals surface area contributed by atoms with Crippen LogP contribution < -0.4 is 0 Å². The van der Waals surface area contributed by atoms with Gasteiger partial charge in [-0.05, 0) is 43.0 Å². The molecule has 1 aromatic rings. The van der Waals surface area contributed by atoms with Gasteiger partial charge in [0.15, 0.2) is 0 Å². The van der Waals surface area contributed by atoms with Crippen molar-refractivity contribution >= 4 is 11.9 Å². The van der Waals surface area contributed by atoms with E-state index in [1.54, 1.807) is 0 Å². The first-order valence-electron chi connectivity index (χ1n) is 7.40. The van der Waals surface area contributed by atoms with Crippen molar-refractivity contribution in [3.8, 4) is 0 Å². The lowest BCUT2D eigenvalue weighted by Crippen LogP contribution is -2.07. The highest BCUT2D eigenvalue weighted by Crippen LogP contribution is 2.13. The van der Waals surface area contributed by atoms with Gasteiger partial charge in [0.1, 0.15) is 0 Å². The first-order chi connectivity index (χ1) is 11.0. The summed E-state index contributed by atoms with van der Waals surface area (Å²) in [6.07, 6.45) is 3.96. The standard InChI is InChI=1S/C10H10O5.C6H14O2/c11-4-3-6-5-7(9(12)13)1-2-8(6)10(14)15;7-5-3-1-2-4-6-8/h1-2,5,11H,3-4H2,(H,12,13)(H,14,15);7-8H,1-6H2. The van der Waals surface area contributed by atoms with Crippen LogP contribution in [0, 0.1) is 0 Å². The Bertz CT molecular complexity index is 479. The normalized spacial score (nSPS) is 9.87. The monoisotopic (exact) mass is 328 g/mol. The summed E-state index contributed by atoms with van der Waals surface area (Å²) in [5.41, 5.74) is 0.363. The van der Waals surface area contributed by atoms with Crippen molar-refractivity contribution in [1.29, 1.82) is 0 Å². The first-order valence-corrected chi connectivity index (χ1v) is 7.40. The summed E-state index contributed by atoms with van der Waals surface area (Å²) < 4.78 is 0.